The van der Waals surface area contributed by atoms with Crippen LogP contribution in [0.1, 0.15) is 38.1 Å². The molecule has 0 spiro atoms. The van der Waals surface area contributed by atoms with E-state index in [-0.39, 0.29) is 31.4 Å². The number of para-hydroxylation sites is 1. The van der Waals surface area contributed by atoms with Crippen LogP contribution in [-0.2, 0) is 29.0 Å². The van der Waals surface area contributed by atoms with Crippen molar-refractivity contribution >= 4 is 51.4 Å². The van der Waals surface area contributed by atoms with Crippen LogP contribution in [-0.4, -0.2) is 44.4 Å². The first-order valence-corrected chi connectivity index (χ1v) is 13.0. The van der Waals surface area contributed by atoms with Gasteiger partial charge >= 0.3 is 5.97 Å². The zero-order valence-corrected chi connectivity index (χ0v) is 21.8. The summed E-state index contributed by atoms with van der Waals surface area (Å²) in [5.74, 6) is 0.577. The van der Waals surface area contributed by atoms with Gasteiger partial charge < -0.3 is 15.0 Å². The van der Waals surface area contributed by atoms with Crippen LogP contribution in [0.25, 0.3) is 15.9 Å². The van der Waals surface area contributed by atoms with E-state index in [0.29, 0.717) is 28.1 Å². The minimum absolute atomic E-state index is 0.119. The van der Waals surface area contributed by atoms with Crippen molar-refractivity contribution in [3.05, 3.63) is 99.0 Å². The summed E-state index contributed by atoms with van der Waals surface area (Å²) in [6, 6.07) is 19.0. The van der Waals surface area contributed by atoms with E-state index in [4.69, 9.17) is 21.3 Å². The van der Waals surface area contributed by atoms with E-state index in [2.05, 4.69) is 20.5 Å². The first kappa shape index (κ1) is 24.1. The Bertz CT molecular complexity index is 1700. The number of hydrogen-bond donors (Lipinski definition) is 2. The first-order chi connectivity index (χ1) is 18.5. The molecular weight excluding hydrogens is 524 g/mol. The number of hydrogen-bond acceptors (Lipinski definition) is 7. The molecule has 11 heteroatoms. The molecule has 1 amide bonds. The molecule has 0 bridgehead atoms. The lowest BCUT2D eigenvalue weighted by Gasteiger charge is -2.10. The fourth-order valence-electron chi connectivity index (χ4n) is 4.44. The average molecular weight is 545 g/mol. The van der Waals surface area contributed by atoms with Gasteiger partial charge in [0.25, 0.3) is 5.91 Å². The number of H-pyrrole nitrogens is 1. The Morgan fingerprint density at radius 1 is 1.11 bits per heavy atom. The number of halogens is 1. The van der Waals surface area contributed by atoms with Crippen molar-refractivity contribution < 1.29 is 14.3 Å². The van der Waals surface area contributed by atoms with Crippen LogP contribution in [0.3, 0.4) is 0 Å². The summed E-state index contributed by atoms with van der Waals surface area (Å²) in [5.41, 5.74) is 3.65. The fourth-order valence-corrected chi connectivity index (χ4v) is 5.85. The summed E-state index contributed by atoms with van der Waals surface area (Å²) in [7, 11) is 1.36. The van der Waals surface area contributed by atoms with Crippen molar-refractivity contribution in [1.82, 2.24) is 25.1 Å². The predicted octanol–water partition coefficient (Wildman–Crippen LogP) is 4.46. The van der Waals surface area contributed by atoms with Crippen LogP contribution in [0.15, 0.2) is 65.7 Å². The summed E-state index contributed by atoms with van der Waals surface area (Å²) in [5, 5.41) is 14.0. The van der Waals surface area contributed by atoms with Crippen LogP contribution < -0.4 is 5.32 Å². The second kappa shape index (κ2) is 9.88. The Hall–Kier alpha value is -4.28. The molecular formula is C27H21ClN6O3S. The number of esters is 1. The molecule has 1 aliphatic heterocycles. The number of thiophene rings is 1. The molecule has 0 atom stereocenters. The summed E-state index contributed by atoms with van der Waals surface area (Å²) in [6.07, 6.45) is 0.119. The van der Waals surface area contributed by atoms with Gasteiger partial charge in [-0.15, -0.1) is 21.5 Å². The number of nitrogens with one attached hydrogen (secondary N) is 2. The Labute approximate surface area is 226 Å². The highest BCUT2D eigenvalue weighted by Gasteiger charge is 2.27. The average Bonchev–Trinajstić information content (AvgIpc) is 3.63. The Morgan fingerprint density at radius 2 is 1.92 bits per heavy atom. The van der Waals surface area contributed by atoms with Crippen LogP contribution >= 0.6 is 22.9 Å². The van der Waals surface area contributed by atoms with Crippen LogP contribution in [0.5, 0.6) is 0 Å². The third-order valence-electron chi connectivity index (χ3n) is 6.25. The molecule has 5 aromatic rings. The van der Waals surface area contributed by atoms with Crippen molar-refractivity contribution in [3.63, 3.8) is 0 Å². The quantitative estimate of drug-likeness (QED) is 0.306. The van der Waals surface area contributed by atoms with Gasteiger partial charge in [-0.05, 0) is 24.3 Å². The van der Waals surface area contributed by atoms with E-state index in [1.165, 1.54) is 18.4 Å². The number of rotatable bonds is 6. The normalized spacial score (nSPS) is 12.4. The highest BCUT2D eigenvalue weighted by atomic mass is 35.5. The maximum absolute atomic E-state index is 12.9. The van der Waals surface area contributed by atoms with Gasteiger partial charge in [0.05, 0.1) is 25.8 Å². The van der Waals surface area contributed by atoms with Gasteiger partial charge in [0, 0.05) is 31.9 Å². The van der Waals surface area contributed by atoms with Crippen molar-refractivity contribution in [2.24, 2.45) is 4.99 Å². The molecule has 9 nitrogen and oxygen atoms in total. The molecule has 0 saturated carbocycles. The molecule has 4 heterocycles. The van der Waals surface area contributed by atoms with Crippen molar-refractivity contribution in [2.75, 3.05) is 7.11 Å². The van der Waals surface area contributed by atoms with Gasteiger partial charge in [-0.3, -0.25) is 19.1 Å². The Morgan fingerprint density at radius 3 is 2.74 bits per heavy atom. The molecule has 2 aromatic carbocycles. The molecule has 0 unspecified atom stereocenters. The highest BCUT2D eigenvalue weighted by molar-refractivity contribution is 7.15. The van der Waals surface area contributed by atoms with Crippen molar-refractivity contribution in [1.29, 1.82) is 0 Å². The third-order valence-corrected chi connectivity index (χ3v) is 7.70. The second-order valence-electron chi connectivity index (χ2n) is 8.65. The predicted molar refractivity (Wildman–Crippen MR) is 145 cm³/mol. The number of carbonyl (C=O) groups excluding carboxylic acids is 2. The Balaban J connectivity index is 1.36. The summed E-state index contributed by atoms with van der Waals surface area (Å²) in [6.45, 7) is 0.420. The first-order valence-electron chi connectivity index (χ1n) is 11.8. The minimum atomic E-state index is -0.340. The molecule has 0 saturated heterocycles. The standard InChI is InChI=1S/C27H21ClN6O3S/c1-37-24(35)12-16-11-18-25(17-7-3-4-8-19(17)28)29-13-22-32-33-23(34(22)27(18)38-16)14-30-26(36)21-10-15-6-2-5-9-20(15)31-21/h2-11,31H,12-14H2,1H3,(H,30,36). The molecule has 0 aliphatic carbocycles. The largest absolute Gasteiger partial charge is 0.469 e. The summed E-state index contributed by atoms with van der Waals surface area (Å²) < 4.78 is 6.79. The summed E-state index contributed by atoms with van der Waals surface area (Å²) in [4.78, 5) is 33.8. The van der Waals surface area contributed by atoms with E-state index in [0.717, 1.165) is 31.9 Å². The van der Waals surface area contributed by atoms with Gasteiger partial charge in [-0.25, -0.2) is 0 Å². The number of ether oxygens (including phenoxy) is 1. The van der Waals surface area contributed by atoms with Gasteiger partial charge in [0.1, 0.15) is 17.2 Å². The van der Waals surface area contributed by atoms with Gasteiger partial charge in [-0.1, -0.05) is 48.0 Å². The molecule has 0 radical (unpaired) electrons. The number of fused-ring (bicyclic) bond motifs is 4. The second-order valence-corrected chi connectivity index (χ2v) is 10.2. The van der Waals surface area contributed by atoms with E-state index >= 15 is 0 Å². The fraction of sp³-hybridized carbons (Fsp3) is 0.148. The van der Waals surface area contributed by atoms with Gasteiger partial charge in [0.15, 0.2) is 11.6 Å². The molecule has 190 valence electrons. The van der Waals surface area contributed by atoms with Crippen LogP contribution in [0, 0.1) is 0 Å². The van der Waals surface area contributed by atoms with Crippen molar-refractivity contribution in [2.45, 2.75) is 19.5 Å². The minimum Gasteiger partial charge on any atom is -0.469 e. The summed E-state index contributed by atoms with van der Waals surface area (Å²) >= 11 is 7.97. The molecule has 2 N–H and O–H groups in total. The lowest BCUT2D eigenvalue weighted by Crippen LogP contribution is -2.25. The van der Waals surface area contributed by atoms with E-state index < -0.39 is 0 Å². The van der Waals surface area contributed by atoms with Crippen LogP contribution in [0.2, 0.25) is 5.02 Å². The van der Waals surface area contributed by atoms with Gasteiger partial charge in [-0.2, -0.15) is 0 Å². The number of amides is 1. The number of methoxy groups -OCH3 is 1. The lowest BCUT2D eigenvalue weighted by atomic mass is 10.0. The number of aromatic amines is 1. The number of carbonyl (C=O) groups is 2. The zero-order chi connectivity index (χ0) is 26.2. The zero-order valence-electron chi connectivity index (χ0n) is 20.2. The topological polar surface area (TPSA) is 114 Å². The number of aliphatic imine (C=N–C) groups is 1. The lowest BCUT2D eigenvalue weighted by molar-refractivity contribution is -0.139. The smallest absolute Gasteiger partial charge is 0.310 e. The van der Waals surface area contributed by atoms with E-state index in [9.17, 15) is 9.59 Å². The highest BCUT2D eigenvalue weighted by Crippen LogP contribution is 2.35. The molecule has 3 aromatic heterocycles. The van der Waals surface area contributed by atoms with Gasteiger partial charge in [0.2, 0.25) is 0 Å². The van der Waals surface area contributed by atoms with E-state index in [1.54, 1.807) is 0 Å². The maximum atomic E-state index is 12.9. The maximum Gasteiger partial charge on any atom is 0.310 e. The number of aromatic nitrogens is 4. The molecule has 38 heavy (non-hydrogen) atoms. The molecule has 6 rings (SSSR count). The number of nitrogens with zero attached hydrogens (tertiary/aromatic N) is 4. The Kier molecular flexibility index (Phi) is 6.26. The van der Waals surface area contributed by atoms with E-state index in [1.807, 2.05) is 65.2 Å². The monoisotopic (exact) mass is 544 g/mol. The third kappa shape index (κ3) is 4.37. The number of benzene rings is 2. The van der Waals surface area contributed by atoms with Crippen molar-refractivity contribution in [3.8, 4) is 5.00 Å². The SMILES string of the molecule is COC(=O)Cc1cc2c(s1)-n1c(nnc1CNC(=O)c1cc3ccccc3[nH]1)CN=C2c1ccccc1Cl. The van der Waals surface area contributed by atoms with Crippen LogP contribution in [0.4, 0.5) is 0 Å². The molecule has 1 aliphatic rings. The molecule has 0 fully saturated rings.